The number of hydrogen-bond acceptors (Lipinski definition) is 0. The molecule has 0 aromatic rings. The summed E-state index contributed by atoms with van der Waals surface area (Å²) in [7, 11) is 0. The molecule has 0 aromatic carbocycles. The summed E-state index contributed by atoms with van der Waals surface area (Å²) in [6, 6.07) is 0. The molecule has 3 aliphatic carbocycles. The van der Waals surface area contributed by atoms with E-state index in [2.05, 4.69) is 26.0 Å². The molecule has 3 aliphatic rings. The molecular formula is C17H28. The van der Waals surface area contributed by atoms with Gasteiger partial charge in [0.2, 0.25) is 0 Å². The Labute approximate surface area is 107 Å². The van der Waals surface area contributed by atoms with Gasteiger partial charge in [0.1, 0.15) is 0 Å². The van der Waals surface area contributed by atoms with Crippen molar-refractivity contribution in [2.75, 3.05) is 0 Å². The third-order valence-corrected chi connectivity index (χ3v) is 6.30. The van der Waals surface area contributed by atoms with Gasteiger partial charge in [-0.25, -0.2) is 0 Å². The molecule has 1 unspecified atom stereocenters. The first kappa shape index (κ1) is 11.8. The molecule has 0 amide bonds. The van der Waals surface area contributed by atoms with E-state index in [1.54, 1.807) is 0 Å². The Balaban J connectivity index is 1.84. The largest absolute Gasteiger partial charge is 0.0817 e. The predicted molar refractivity (Wildman–Crippen MR) is 74.0 cm³/mol. The Hall–Kier alpha value is -0.260. The number of allylic oxidation sites excluding steroid dienone is 2. The Morgan fingerprint density at radius 3 is 2.06 bits per heavy atom. The minimum Gasteiger partial charge on any atom is -0.0817 e. The average molecular weight is 232 g/mol. The van der Waals surface area contributed by atoms with E-state index in [0.717, 1.165) is 0 Å². The lowest BCUT2D eigenvalue weighted by atomic mass is 9.55. The van der Waals surface area contributed by atoms with E-state index in [1.807, 2.05) is 0 Å². The Morgan fingerprint density at radius 2 is 1.35 bits per heavy atom. The summed E-state index contributed by atoms with van der Waals surface area (Å²) in [5.74, 6) is 0. The van der Waals surface area contributed by atoms with Gasteiger partial charge < -0.3 is 0 Å². The van der Waals surface area contributed by atoms with E-state index in [4.69, 9.17) is 0 Å². The fraction of sp³-hybridized carbons (Fsp3) is 0.882. The zero-order valence-corrected chi connectivity index (χ0v) is 11.7. The molecule has 0 heterocycles. The van der Waals surface area contributed by atoms with Gasteiger partial charge in [0.05, 0.1) is 0 Å². The summed E-state index contributed by atoms with van der Waals surface area (Å²) in [5.41, 5.74) is 1.72. The highest BCUT2D eigenvalue weighted by Crippen LogP contribution is 2.62. The highest BCUT2D eigenvalue weighted by Gasteiger charge is 2.52. The molecule has 0 heteroatoms. The van der Waals surface area contributed by atoms with Gasteiger partial charge in [-0.3, -0.25) is 0 Å². The summed E-state index contributed by atoms with van der Waals surface area (Å²) in [5, 5.41) is 0. The van der Waals surface area contributed by atoms with E-state index in [-0.39, 0.29) is 0 Å². The Kier molecular flexibility index (Phi) is 2.69. The third kappa shape index (κ3) is 1.79. The van der Waals surface area contributed by atoms with E-state index in [1.165, 1.54) is 64.2 Å². The first-order valence-corrected chi connectivity index (χ1v) is 7.78. The van der Waals surface area contributed by atoms with Gasteiger partial charge in [0.25, 0.3) is 0 Å². The van der Waals surface area contributed by atoms with Crippen LogP contribution < -0.4 is 0 Å². The summed E-state index contributed by atoms with van der Waals surface area (Å²) >= 11 is 0. The molecule has 96 valence electrons. The van der Waals surface area contributed by atoms with Crippen molar-refractivity contribution in [3.8, 4) is 0 Å². The molecule has 1 atom stereocenters. The van der Waals surface area contributed by atoms with Gasteiger partial charge in [-0.05, 0) is 48.3 Å². The topological polar surface area (TPSA) is 0 Å². The second-order valence-corrected chi connectivity index (χ2v) is 7.68. The van der Waals surface area contributed by atoms with Crippen LogP contribution in [-0.2, 0) is 0 Å². The van der Waals surface area contributed by atoms with Crippen LogP contribution in [0.4, 0.5) is 0 Å². The molecular weight excluding hydrogens is 204 g/mol. The van der Waals surface area contributed by atoms with Gasteiger partial charge in [-0.1, -0.05) is 58.1 Å². The molecule has 3 rings (SSSR count). The molecule has 0 saturated heterocycles. The predicted octanol–water partition coefficient (Wildman–Crippen LogP) is 5.48. The zero-order chi connectivity index (χ0) is 12.0. The van der Waals surface area contributed by atoms with Crippen molar-refractivity contribution in [2.45, 2.75) is 78.1 Å². The van der Waals surface area contributed by atoms with Crippen LogP contribution in [0.5, 0.6) is 0 Å². The van der Waals surface area contributed by atoms with Gasteiger partial charge in [0, 0.05) is 0 Å². The first-order valence-electron chi connectivity index (χ1n) is 7.78. The second-order valence-electron chi connectivity index (χ2n) is 7.68. The van der Waals surface area contributed by atoms with Crippen molar-refractivity contribution in [2.24, 2.45) is 16.2 Å². The zero-order valence-electron chi connectivity index (χ0n) is 11.7. The monoisotopic (exact) mass is 232 g/mol. The third-order valence-electron chi connectivity index (χ3n) is 6.30. The molecule has 17 heavy (non-hydrogen) atoms. The van der Waals surface area contributed by atoms with Crippen LogP contribution in [0.1, 0.15) is 78.1 Å². The summed E-state index contributed by atoms with van der Waals surface area (Å²) in [6.07, 6.45) is 20.0. The average Bonchev–Trinajstić information content (AvgIpc) is 2.65. The fourth-order valence-electron chi connectivity index (χ4n) is 4.91. The van der Waals surface area contributed by atoms with Crippen LogP contribution in [0.15, 0.2) is 12.2 Å². The lowest BCUT2D eigenvalue weighted by molar-refractivity contribution is 0.0291. The van der Waals surface area contributed by atoms with E-state index in [0.29, 0.717) is 16.2 Å². The quantitative estimate of drug-likeness (QED) is 0.485. The van der Waals surface area contributed by atoms with Crippen LogP contribution in [0.25, 0.3) is 0 Å². The van der Waals surface area contributed by atoms with Crippen molar-refractivity contribution < 1.29 is 0 Å². The second kappa shape index (κ2) is 3.87. The minimum atomic E-state index is 0.544. The lowest BCUT2D eigenvalue weighted by Gasteiger charge is -2.50. The first-order chi connectivity index (χ1) is 8.08. The Morgan fingerprint density at radius 1 is 0.706 bits per heavy atom. The molecule has 2 saturated carbocycles. The maximum absolute atomic E-state index is 2.66. The van der Waals surface area contributed by atoms with Gasteiger partial charge in [-0.15, -0.1) is 0 Å². The molecule has 0 N–H and O–H groups in total. The number of rotatable bonds is 0. The van der Waals surface area contributed by atoms with Gasteiger partial charge >= 0.3 is 0 Å². The molecule has 0 bridgehead atoms. The highest BCUT2D eigenvalue weighted by atomic mass is 14.6. The Bertz CT molecular complexity index is 317. The summed E-state index contributed by atoms with van der Waals surface area (Å²) in [4.78, 5) is 0. The molecule has 0 aliphatic heterocycles. The summed E-state index contributed by atoms with van der Waals surface area (Å²) < 4.78 is 0. The van der Waals surface area contributed by atoms with E-state index < -0.39 is 0 Å². The molecule has 0 radical (unpaired) electrons. The van der Waals surface area contributed by atoms with E-state index in [9.17, 15) is 0 Å². The van der Waals surface area contributed by atoms with Crippen LogP contribution in [-0.4, -0.2) is 0 Å². The lowest BCUT2D eigenvalue weighted by Crippen LogP contribution is -2.40. The van der Waals surface area contributed by atoms with Crippen LogP contribution in [0, 0.1) is 16.2 Å². The van der Waals surface area contributed by atoms with Crippen molar-refractivity contribution in [3.63, 3.8) is 0 Å². The van der Waals surface area contributed by atoms with Gasteiger partial charge in [0.15, 0.2) is 0 Å². The van der Waals surface area contributed by atoms with E-state index >= 15 is 0 Å². The molecule has 0 nitrogen and oxygen atoms in total. The molecule has 0 aromatic heterocycles. The number of hydrogen-bond donors (Lipinski definition) is 0. The van der Waals surface area contributed by atoms with Crippen LogP contribution in [0.3, 0.4) is 0 Å². The highest BCUT2D eigenvalue weighted by molar-refractivity contribution is 5.21. The maximum atomic E-state index is 2.66. The van der Waals surface area contributed by atoms with Crippen molar-refractivity contribution in [1.82, 2.24) is 0 Å². The van der Waals surface area contributed by atoms with Crippen LogP contribution in [0.2, 0.25) is 0 Å². The normalized spacial score (nSPS) is 38.9. The minimum absolute atomic E-state index is 0.544. The smallest absolute Gasteiger partial charge is 0.00586 e. The van der Waals surface area contributed by atoms with Crippen molar-refractivity contribution >= 4 is 0 Å². The fourth-order valence-corrected chi connectivity index (χ4v) is 4.91. The molecule has 2 spiro atoms. The van der Waals surface area contributed by atoms with Crippen molar-refractivity contribution in [3.05, 3.63) is 12.2 Å². The maximum Gasteiger partial charge on any atom is -0.00586 e. The summed E-state index contributed by atoms with van der Waals surface area (Å²) in [6.45, 7) is 5.05. The standard InChI is InChI=1S/C17H28/c1-15(2)8-6-7-11-17(15)13-12-16(14-17)9-4-3-5-10-16/h12-13H,3-11,14H2,1-2H3. The van der Waals surface area contributed by atoms with Crippen molar-refractivity contribution in [1.29, 1.82) is 0 Å². The SMILES string of the molecule is CC1(C)CCCCC12C=CC1(CCCCC1)C2. The van der Waals surface area contributed by atoms with Gasteiger partial charge in [-0.2, -0.15) is 0 Å². The van der Waals surface area contributed by atoms with Crippen LogP contribution >= 0.6 is 0 Å². The molecule has 2 fully saturated rings.